The van der Waals surface area contributed by atoms with Gasteiger partial charge in [-0.15, -0.1) is 0 Å². The third-order valence-corrected chi connectivity index (χ3v) is 5.79. The van der Waals surface area contributed by atoms with Gasteiger partial charge in [0.25, 0.3) is 0 Å². The third kappa shape index (κ3) is 2.63. The maximum absolute atomic E-state index is 10.4. The molecule has 0 bridgehead atoms. The Kier molecular flexibility index (Phi) is 3.98. The summed E-state index contributed by atoms with van der Waals surface area (Å²) in [6, 6.07) is 7.14. The van der Waals surface area contributed by atoms with Gasteiger partial charge in [0.05, 0.1) is 25.4 Å². The van der Waals surface area contributed by atoms with Crippen molar-refractivity contribution >= 4 is 11.6 Å². The third-order valence-electron chi connectivity index (χ3n) is 5.54. The first-order valence-electron chi connectivity index (χ1n) is 8.17. The fraction of sp³-hybridized carbons (Fsp3) is 0.556. The molecule has 0 aromatic heterocycles. The molecule has 3 aliphatic rings. The van der Waals surface area contributed by atoms with Crippen molar-refractivity contribution in [2.24, 2.45) is 17.8 Å². The van der Waals surface area contributed by atoms with Crippen molar-refractivity contribution in [1.82, 2.24) is 0 Å². The van der Waals surface area contributed by atoms with Gasteiger partial charge in [0, 0.05) is 23.3 Å². The predicted molar refractivity (Wildman–Crippen MR) is 85.9 cm³/mol. The Labute approximate surface area is 140 Å². The van der Waals surface area contributed by atoms with E-state index in [0.717, 1.165) is 12.0 Å². The lowest BCUT2D eigenvalue weighted by atomic mass is 9.67. The van der Waals surface area contributed by atoms with E-state index >= 15 is 0 Å². The standard InChI is InChI=1S/C18H21ClO4/c19-12-3-1-11(2-4-12)16(20)6-5-13-14-10-18(22-7-8-23-18)15(14)9-17(13)21/h1-6,13-17,20-21H,7-10H2. The van der Waals surface area contributed by atoms with Gasteiger partial charge in [-0.3, -0.25) is 0 Å². The monoisotopic (exact) mass is 336 g/mol. The lowest BCUT2D eigenvalue weighted by Crippen LogP contribution is -2.53. The molecule has 0 radical (unpaired) electrons. The maximum Gasteiger partial charge on any atom is 0.171 e. The number of halogens is 1. The second-order valence-electron chi connectivity index (χ2n) is 6.74. The zero-order valence-corrected chi connectivity index (χ0v) is 13.5. The van der Waals surface area contributed by atoms with Crippen LogP contribution in [0.1, 0.15) is 24.5 Å². The van der Waals surface area contributed by atoms with E-state index in [1.165, 1.54) is 0 Å². The van der Waals surface area contributed by atoms with E-state index in [4.69, 9.17) is 21.1 Å². The molecular weight excluding hydrogens is 316 g/mol. The van der Waals surface area contributed by atoms with Crippen molar-refractivity contribution in [3.63, 3.8) is 0 Å². The summed E-state index contributed by atoms with van der Waals surface area (Å²) in [4.78, 5) is 0. The zero-order chi connectivity index (χ0) is 16.0. The van der Waals surface area contributed by atoms with Crippen LogP contribution in [0.15, 0.2) is 36.4 Å². The number of rotatable bonds is 3. The van der Waals surface area contributed by atoms with Crippen LogP contribution in [0.3, 0.4) is 0 Å². The van der Waals surface area contributed by atoms with E-state index in [9.17, 15) is 10.2 Å². The number of hydrogen-bond acceptors (Lipinski definition) is 4. The average Bonchev–Trinajstić information content (AvgIpc) is 3.12. The molecule has 1 saturated heterocycles. The molecule has 1 heterocycles. The molecule has 1 aliphatic heterocycles. The van der Waals surface area contributed by atoms with Gasteiger partial charge in [0.2, 0.25) is 0 Å². The van der Waals surface area contributed by atoms with Crippen molar-refractivity contribution in [2.45, 2.75) is 30.8 Å². The number of aliphatic hydroxyl groups excluding tert-OH is 2. The molecule has 0 amide bonds. The molecule has 3 fully saturated rings. The molecule has 5 unspecified atom stereocenters. The minimum absolute atomic E-state index is 0.0559. The topological polar surface area (TPSA) is 58.9 Å². The summed E-state index contributed by atoms with van der Waals surface area (Å²) in [6.07, 6.45) is 4.17. The number of aliphatic hydroxyl groups is 2. The van der Waals surface area contributed by atoms with Crippen LogP contribution in [-0.4, -0.2) is 35.3 Å². The molecule has 5 atom stereocenters. The van der Waals surface area contributed by atoms with Crippen molar-refractivity contribution in [3.8, 4) is 0 Å². The summed E-state index contributed by atoms with van der Waals surface area (Å²) in [5, 5.41) is 21.3. The van der Waals surface area contributed by atoms with Gasteiger partial charge in [-0.25, -0.2) is 0 Å². The van der Waals surface area contributed by atoms with Gasteiger partial charge in [0.15, 0.2) is 5.79 Å². The Hall–Kier alpha value is -0.910. The van der Waals surface area contributed by atoms with E-state index in [1.54, 1.807) is 18.2 Å². The Bertz CT molecular complexity index is 594. The molecular formula is C18H21ClO4. The second-order valence-corrected chi connectivity index (χ2v) is 7.18. The summed E-state index contributed by atoms with van der Waals surface area (Å²) >= 11 is 5.86. The first-order chi connectivity index (χ1) is 11.1. The average molecular weight is 337 g/mol. The number of hydrogen-bond donors (Lipinski definition) is 2. The van der Waals surface area contributed by atoms with E-state index in [0.29, 0.717) is 30.6 Å². The number of benzene rings is 1. The SMILES string of the molecule is OC(C=CC1C(O)CC2C1CC21OCCO1)c1ccc(Cl)cc1. The minimum atomic E-state index is -0.688. The van der Waals surface area contributed by atoms with Gasteiger partial charge < -0.3 is 19.7 Å². The van der Waals surface area contributed by atoms with E-state index < -0.39 is 18.0 Å². The normalized spacial score (nSPS) is 36.3. The molecule has 1 aromatic carbocycles. The van der Waals surface area contributed by atoms with Crippen LogP contribution in [0.2, 0.25) is 5.02 Å². The summed E-state index contributed by atoms with van der Waals surface area (Å²) in [5.41, 5.74) is 0.794. The molecule has 1 aromatic rings. The molecule has 5 heteroatoms. The fourth-order valence-corrected chi connectivity index (χ4v) is 4.45. The van der Waals surface area contributed by atoms with Gasteiger partial charge >= 0.3 is 0 Å². The largest absolute Gasteiger partial charge is 0.392 e. The fourth-order valence-electron chi connectivity index (χ4n) is 4.33. The first kappa shape index (κ1) is 15.6. The van der Waals surface area contributed by atoms with Crippen molar-refractivity contribution in [2.75, 3.05) is 13.2 Å². The first-order valence-corrected chi connectivity index (χ1v) is 8.55. The Morgan fingerprint density at radius 3 is 2.61 bits per heavy atom. The zero-order valence-electron chi connectivity index (χ0n) is 12.8. The van der Waals surface area contributed by atoms with Crippen LogP contribution in [0.4, 0.5) is 0 Å². The summed E-state index contributed by atoms with van der Waals surface area (Å²) in [5.74, 6) is 0.253. The maximum atomic E-state index is 10.4. The smallest absolute Gasteiger partial charge is 0.171 e. The van der Waals surface area contributed by atoms with E-state index in [1.807, 2.05) is 18.2 Å². The van der Waals surface area contributed by atoms with Crippen LogP contribution >= 0.6 is 11.6 Å². The number of ether oxygens (including phenoxy) is 2. The molecule has 2 N–H and O–H groups in total. The Balaban J connectivity index is 1.43. The van der Waals surface area contributed by atoms with E-state index in [2.05, 4.69) is 0 Å². The lowest BCUT2D eigenvalue weighted by Gasteiger charge is -2.49. The van der Waals surface area contributed by atoms with Gasteiger partial charge in [-0.2, -0.15) is 0 Å². The quantitative estimate of drug-likeness (QED) is 0.833. The van der Waals surface area contributed by atoms with Crippen LogP contribution < -0.4 is 0 Å². The van der Waals surface area contributed by atoms with Crippen LogP contribution in [0, 0.1) is 17.8 Å². The summed E-state index contributed by atoms with van der Waals surface area (Å²) in [6.45, 7) is 1.30. The van der Waals surface area contributed by atoms with Gasteiger partial charge in [-0.1, -0.05) is 35.9 Å². The summed E-state index contributed by atoms with van der Waals surface area (Å²) in [7, 11) is 0. The van der Waals surface area contributed by atoms with Gasteiger partial charge in [-0.05, 0) is 30.0 Å². The van der Waals surface area contributed by atoms with Crippen LogP contribution in [0.5, 0.6) is 0 Å². The second kappa shape index (κ2) is 5.87. The lowest BCUT2D eigenvalue weighted by molar-refractivity contribution is -0.270. The molecule has 4 nitrogen and oxygen atoms in total. The molecule has 1 spiro atoms. The highest BCUT2D eigenvalue weighted by Crippen LogP contribution is 2.60. The number of fused-ring (bicyclic) bond motifs is 2. The van der Waals surface area contributed by atoms with Gasteiger partial charge in [0.1, 0.15) is 0 Å². The Morgan fingerprint density at radius 2 is 1.91 bits per heavy atom. The molecule has 2 saturated carbocycles. The molecule has 2 aliphatic carbocycles. The highest BCUT2D eigenvalue weighted by atomic mass is 35.5. The highest BCUT2D eigenvalue weighted by molar-refractivity contribution is 6.30. The van der Waals surface area contributed by atoms with Crippen LogP contribution in [0.25, 0.3) is 0 Å². The minimum Gasteiger partial charge on any atom is -0.392 e. The predicted octanol–water partition coefficient (Wildman–Crippen LogP) is 2.69. The summed E-state index contributed by atoms with van der Waals surface area (Å²) < 4.78 is 11.5. The van der Waals surface area contributed by atoms with Crippen molar-refractivity contribution in [1.29, 1.82) is 0 Å². The highest BCUT2D eigenvalue weighted by Gasteiger charge is 2.64. The molecule has 4 rings (SSSR count). The molecule has 124 valence electrons. The van der Waals surface area contributed by atoms with E-state index in [-0.39, 0.29) is 11.8 Å². The van der Waals surface area contributed by atoms with Crippen molar-refractivity contribution < 1.29 is 19.7 Å². The van der Waals surface area contributed by atoms with Crippen LogP contribution in [-0.2, 0) is 9.47 Å². The Morgan fingerprint density at radius 1 is 1.22 bits per heavy atom. The molecule has 23 heavy (non-hydrogen) atoms. The van der Waals surface area contributed by atoms with Crippen molar-refractivity contribution in [3.05, 3.63) is 47.0 Å².